The number of carbonyl (C=O) groups excluding carboxylic acids is 1. The van der Waals surface area contributed by atoms with Crippen LogP contribution in [0.1, 0.15) is 62.7 Å². The molecule has 1 aromatic carbocycles. The summed E-state index contributed by atoms with van der Waals surface area (Å²) in [5, 5.41) is 6.49. The van der Waals surface area contributed by atoms with Crippen molar-refractivity contribution in [2.75, 3.05) is 6.61 Å². The number of thiocarbonyl (C=S) groups is 1. The second kappa shape index (κ2) is 9.62. The van der Waals surface area contributed by atoms with Gasteiger partial charge in [-0.2, -0.15) is 0 Å². The Hall–Kier alpha value is -1.62. The SMILES string of the molecule is CC(C)COc1ccccc1C(=O)NC(=S)NC1CCCCCC1. The number of ether oxygens (including phenoxy) is 1. The highest BCUT2D eigenvalue weighted by Crippen LogP contribution is 2.19. The Balaban J connectivity index is 1.92. The van der Waals surface area contributed by atoms with Gasteiger partial charge in [-0.3, -0.25) is 10.1 Å². The lowest BCUT2D eigenvalue weighted by molar-refractivity contribution is 0.0971. The third kappa shape index (κ3) is 6.11. The van der Waals surface area contributed by atoms with Gasteiger partial charge < -0.3 is 10.1 Å². The molecule has 0 unspecified atom stereocenters. The highest BCUT2D eigenvalue weighted by molar-refractivity contribution is 7.80. The molecule has 1 amide bonds. The van der Waals surface area contributed by atoms with E-state index in [1.807, 2.05) is 18.2 Å². The van der Waals surface area contributed by atoms with E-state index in [0.29, 0.717) is 35.0 Å². The lowest BCUT2D eigenvalue weighted by atomic mass is 10.1. The van der Waals surface area contributed by atoms with Crippen LogP contribution in [0.4, 0.5) is 0 Å². The summed E-state index contributed by atoms with van der Waals surface area (Å²) in [6.45, 7) is 4.73. The van der Waals surface area contributed by atoms with Crippen LogP contribution in [0.2, 0.25) is 0 Å². The summed E-state index contributed by atoms with van der Waals surface area (Å²) in [7, 11) is 0. The fraction of sp³-hybridized carbons (Fsp3) is 0.579. The Kier molecular flexibility index (Phi) is 7.50. The highest BCUT2D eigenvalue weighted by atomic mass is 32.1. The molecule has 132 valence electrons. The van der Waals surface area contributed by atoms with Gasteiger partial charge in [0.2, 0.25) is 0 Å². The van der Waals surface area contributed by atoms with Crippen LogP contribution in [0.15, 0.2) is 24.3 Å². The molecule has 0 spiro atoms. The zero-order valence-electron chi connectivity index (χ0n) is 14.6. The Morgan fingerprint density at radius 1 is 1.21 bits per heavy atom. The zero-order valence-corrected chi connectivity index (χ0v) is 15.5. The van der Waals surface area contributed by atoms with E-state index in [1.165, 1.54) is 25.7 Å². The molecule has 4 nitrogen and oxygen atoms in total. The van der Waals surface area contributed by atoms with Gasteiger partial charge in [0.05, 0.1) is 12.2 Å². The normalized spacial score (nSPS) is 15.6. The number of hydrogen-bond donors (Lipinski definition) is 2. The molecule has 5 heteroatoms. The van der Waals surface area contributed by atoms with Gasteiger partial charge in [0.25, 0.3) is 5.91 Å². The standard InChI is InChI=1S/C19H28N2O2S/c1-14(2)13-23-17-12-8-7-11-16(17)18(22)21-19(24)20-15-9-5-3-4-6-10-15/h7-8,11-12,14-15H,3-6,9-10,13H2,1-2H3,(H2,20,21,22,24). The van der Waals surface area contributed by atoms with Crippen molar-refractivity contribution in [1.29, 1.82) is 0 Å². The first-order valence-corrected chi connectivity index (χ1v) is 9.30. The smallest absolute Gasteiger partial charge is 0.261 e. The van der Waals surface area contributed by atoms with Gasteiger partial charge in [-0.25, -0.2) is 0 Å². The molecule has 2 N–H and O–H groups in total. The molecule has 0 bridgehead atoms. The quantitative estimate of drug-likeness (QED) is 0.623. The maximum atomic E-state index is 12.5. The molecule has 0 radical (unpaired) electrons. The van der Waals surface area contributed by atoms with Crippen LogP contribution in [-0.4, -0.2) is 23.7 Å². The monoisotopic (exact) mass is 348 g/mol. The average Bonchev–Trinajstić information content (AvgIpc) is 2.81. The maximum absolute atomic E-state index is 12.5. The van der Waals surface area contributed by atoms with Crippen LogP contribution in [0.5, 0.6) is 5.75 Å². The predicted octanol–water partition coefficient (Wildman–Crippen LogP) is 4.05. The summed E-state index contributed by atoms with van der Waals surface area (Å²) in [5.74, 6) is 0.778. The molecule has 1 aromatic rings. The molecular weight excluding hydrogens is 320 g/mol. The van der Waals surface area contributed by atoms with Crippen LogP contribution < -0.4 is 15.4 Å². The molecule has 0 aromatic heterocycles. The Labute approximate surface area is 150 Å². The largest absolute Gasteiger partial charge is 0.492 e. The fourth-order valence-corrected chi connectivity index (χ4v) is 3.11. The minimum atomic E-state index is -0.222. The number of hydrogen-bond acceptors (Lipinski definition) is 3. The minimum Gasteiger partial charge on any atom is -0.492 e. The number of carbonyl (C=O) groups is 1. The number of rotatable bonds is 5. The molecule has 1 saturated carbocycles. The molecule has 24 heavy (non-hydrogen) atoms. The van der Waals surface area contributed by atoms with Gasteiger partial charge in [0.15, 0.2) is 5.11 Å². The minimum absolute atomic E-state index is 0.222. The first-order chi connectivity index (χ1) is 11.6. The fourth-order valence-electron chi connectivity index (χ4n) is 2.85. The Morgan fingerprint density at radius 3 is 2.54 bits per heavy atom. The van der Waals surface area contributed by atoms with Crippen molar-refractivity contribution in [3.05, 3.63) is 29.8 Å². The summed E-state index contributed by atoms with van der Waals surface area (Å²) in [6.07, 6.45) is 7.25. The van der Waals surface area contributed by atoms with E-state index < -0.39 is 0 Å². The number of benzene rings is 1. The van der Waals surface area contributed by atoms with Gasteiger partial charge >= 0.3 is 0 Å². The Bertz CT molecular complexity index is 552. The number of amides is 1. The van der Waals surface area contributed by atoms with Crippen LogP contribution in [0.3, 0.4) is 0 Å². The van der Waals surface area contributed by atoms with E-state index in [4.69, 9.17) is 17.0 Å². The van der Waals surface area contributed by atoms with Crippen molar-refractivity contribution in [3.8, 4) is 5.75 Å². The second-order valence-corrected chi connectivity index (χ2v) is 7.23. The van der Waals surface area contributed by atoms with E-state index >= 15 is 0 Å². The van der Waals surface area contributed by atoms with E-state index in [9.17, 15) is 4.79 Å². The molecular formula is C19H28N2O2S. The van der Waals surface area contributed by atoms with Gasteiger partial charge in [-0.15, -0.1) is 0 Å². The molecule has 1 aliphatic carbocycles. The van der Waals surface area contributed by atoms with Crippen LogP contribution in [0, 0.1) is 5.92 Å². The van der Waals surface area contributed by atoms with Crippen molar-refractivity contribution >= 4 is 23.2 Å². The van der Waals surface area contributed by atoms with Gasteiger partial charge in [0.1, 0.15) is 5.75 Å². The van der Waals surface area contributed by atoms with E-state index in [0.717, 1.165) is 12.8 Å². The summed E-state index contributed by atoms with van der Waals surface area (Å²) in [5.41, 5.74) is 0.517. The van der Waals surface area contributed by atoms with E-state index in [1.54, 1.807) is 6.07 Å². The molecule has 0 saturated heterocycles. The second-order valence-electron chi connectivity index (χ2n) is 6.82. The van der Waals surface area contributed by atoms with Crippen LogP contribution in [0.25, 0.3) is 0 Å². The first kappa shape index (κ1) is 18.7. The molecule has 2 rings (SSSR count). The van der Waals surface area contributed by atoms with E-state index in [2.05, 4.69) is 24.5 Å². The molecule has 1 aliphatic rings. The van der Waals surface area contributed by atoms with Gasteiger partial charge in [-0.1, -0.05) is 51.7 Å². The van der Waals surface area contributed by atoms with Crippen molar-refractivity contribution in [3.63, 3.8) is 0 Å². The summed E-state index contributed by atoms with van der Waals surface area (Å²) in [6, 6.07) is 7.65. The molecule has 0 aliphatic heterocycles. The first-order valence-electron chi connectivity index (χ1n) is 8.90. The average molecular weight is 349 g/mol. The Morgan fingerprint density at radius 2 is 1.88 bits per heavy atom. The summed E-state index contributed by atoms with van der Waals surface area (Å²) >= 11 is 5.32. The summed E-state index contributed by atoms with van der Waals surface area (Å²) in [4.78, 5) is 12.5. The van der Waals surface area contributed by atoms with Crippen LogP contribution >= 0.6 is 12.2 Å². The predicted molar refractivity (Wildman–Crippen MR) is 101 cm³/mol. The van der Waals surface area contributed by atoms with Crippen molar-refractivity contribution < 1.29 is 9.53 Å². The van der Waals surface area contributed by atoms with E-state index in [-0.39, 0.29) is 5.91 Å². The van der Waals surface area contributed by atoms with Gasteiger partial charge in [0, 0.05) is 6.04 Å². The van der Waals surface area contributed by atoms with Crippen molar-refractivity contribution in [2.45, 2.75) is 58.4 Å². The number of para-hydroxylation sites is 1. The molecule has 1 fully saturated rings. The molecule has 0 heterocycles. The summed E-state index contributed by atoms with van der Waals surface area (Å²) < 4.78 is 5.74. The third-order valence-electron chi connectivity index (χ3n) is 4.12. The van der Waals surface area contributed by atoms with Crippen molar-refractivity contribution in [2.24, 2.45) is 5.92 Å². The maximum Gasteiger partial charge on any atom is 0.261 e. The molecule has 0 atom stereocenters. The lowest BCUT2D eigenvalue weighted by Gasteiger charge is -2.19. The van der Waals surface area contributed by atoms with Gasteiger partial charge in [-0.05, 0) is 43.1 Å². The lowest BCUT2D eigenvalue weighted by Crippen LogP contribution is -2.44. The zero-order chi connectivity index (χ0) is 17.4. The van der Waals surface area contributed by atoms with Crippen molar-refractivity contribution in [1.82, 2.24) is 10.6 Å². The number of nitrogens with one attached hydrogen (secondary N) is 2. The third-order valence-corrected chi connectivity index (χ3v) is 4.34. The van der Waals surface area contributed by atoms with Crippen LogP contribution in [-0.2, 0) is 0 Å². The highest BCUT2D eigenvalue weighted by Gasteiger charge is 2.17. The topological polar surface area (TPSA) is 50.4 Å².